The van der Waals surface area contributed by atoms with Gasteiger partial charge in [-0.3, -0.25) is 9.59 Å². The Bertz CT molecular complexity index is 839. The second-order valence-corrected chi connectivity index (χ2v) is 8.52. The molecule has 0 saturated carbocycles. The van der Waals surface area contributed by atoms with Crippen LogP contribution in [0, 0.1) is 6.92 Å². The molecule has 2 aromatic rings. The molecule has 162 valence electrons. The molecule has 0 saturated heterocycles. The molecule has 2 rings (SSSR count). The minimum Gasteiger partial charge on any atom is -0.497 e. The van der Waals surface area contributed by atoms with E-state index in [1.54, 1.807) is 18.9 Å². The Morgan fingerprint density at radius 3 is 2.47 bits per heavy atom. The van der Waals surface area contributed by atoms with Crippen LogP contribution < -0.4 is 10.1 Å². The third kappa shape index (κ3) is 7.10. The van der Waals surface area contributed by atoms with Gasteiger partial charge in [-0.15, -0.1) is 11.8 Å². The van der Waals surface area contributed by atoms with Crippen LogP contribution >= 0.6 is 11.8 Å². The van der Waals surface area contributed by atoms with Gasteiger partial charge in [0.05, 0.1) is 12.9 Å². The Kier molecular flexibility index (Phi) is 9.24. The first-order valence-electron chi connectivity index (χ1n) is 10.3. The summed E-state index contributed by atoms with van der Waals surface area (Å²) in [7, 11) is 1.61. The highest BCUT2D eigenvalue weighted by atomic mass is 32.2. The van der Waals surface area contributed by atoms with Crippen molar-refractivity contribution >= 4 is 23.6 Å². The van der Waals surface area contributed by atoms with Crippen molar-refractivity contribution in [1.82, 2.24) is 10.2 Å². The van der Waals surface area contributed by atoms with E-state index in [0.717, 1.165) is 22.6 Å². The van der Waals surface area contributed by atoms with Crippen LogP contribution in [-0.2, 0) is 16.1 Å². The Morgan fingerprint density at radius 2 is 1.83 bits per heavy atom. The van der Waals surface area contributed by atoms with Crippen molar-refractivity contribution in [1.29, 1.82) is 0 Å². The van der Waals surface area contributed by atoms with Gasteiger partial charge in [-0.25, -0.2) is 0 Å². The van der Waals surface area contributed by atoms with E-state index in [1.807, 2.05) is 69.3 Å². The van der Waals surface area contributed by atoms with Crippen LogP contribution in [0.3, 0.4) is 0 Å². The number of methoxy groups -OCH3 is 1. The van der Waals surface area contributed by atoms with Gasteiger partial charge in [-0.2, -0.15) is 0 Å². The molecular formula is C24H32N2O3S. The highest BCUT2D eigenvalue weighted by Crippen LogP contribution is 2.21. The molecule has 0 aliphatic carbocycles. The van der Waals surface area contributed by atoms with Crippen molar-refractivity contribution in [2.45, 2.75) is 57.6 Å². The van der Waals surface area contributed by atoms with Gasteiger partial charge in [-0.1, -0.05) is 36.8 Å². The molecule has 1 N–H and O–H groups in total. The maximum atomic E-state index is 13.1. The molecule has 2 aromatic carbocycles. The fraction of sp³-hybridized carbons (Fsp3) is 0.417. The summed E-state index contributed by atoms with van der Waals surface area (Å²) in [6.07, 6.45) is 0.839. The maximum absolute atomic E-state index is 13.1. The zero-order chi connectivity index (χ0) is 22.1. The molecule has 0 bridgehead atoms. The fourth-order valence-electron chi connectivity index (χ4n) is 2.88. The third-order valence-corrected chi connectivity index (χ3v) is 6.04. The topological polar surface area (TPSA) is 58.6 Å². The first kappa shape index (κ1) is 23.8. The zero-order valence-corrected chi connectivity index (χ0v) is 19.3. The number of amides is 2. The van der Waals surface area contributed by atoms with Gasteiger partial charge in [0.2, 0.25) is 11.8 Å². The summed E-state index contributed by atoms with van der Waals surface area (Å²) in [5, 5.41) is 2.99. The quantitative estimate of drug-likeness (QED) is 0.569. The zero-order valence-electron chi connectivity index (χ0n) is 18.5. The van der Waals surface area contributed by atoms with Gasteiger partial charge in [-0.05, 0) is 57.0 Å². The molecule has 0 aliphatic rings. The van der Waals surface area contributed by atoms with E-state index in [9.17, 15) is 9.59 Å². The minimum absolute atomic E-state index is 0.0654. The van der Waals surface area contributed by atoms with Crippen LogP contribution in [0.1, 0.15) is 38.3 Å². The number of nitrogens with zero attached hydrogens (tertiary/aromatic N) is 1. The number of rotatable bonds is 10. The predicted molar refractivity (Wildman–Crippen MR) is 123 cm³/mol. The average Bonchev–Trinajstić information content (AvgIpc) is 2.76. The smallest absolute Gasteiger partial charge is 0.242 e. The van der Waals surface area contributed by atoms with Crippen LogP contribution in [0.25, 0.3) is 0 Å². The van der Waals surface area contributed by atoms with Crippen LogP contribution in [0.4, 0.5) is 0 Å². The summed E-state index contributed by atoms with van der Waals surface area (Å²) in [4.78, 5) is 28.6. The Balaban J connectivity index is 2.16. The summed E-state index contributed by atoms with van der Waals surface area (Å²) in [6.45, 7) is 8.15. The van der Waals surface area contributed by atoms with Gasteiger partial charge in [0.25, 0.3) is 0 Å². The highest BCUT2D eigenvalue weighted by Gasteiger charge is 2.26. The average molecular weight is 429 g/mol. The Hall–Kier alpha value is -2.47. The summed E-state index contributed by atoms with van der Waals surface area (Å²) >= 11 is 1.48. The lowest BCUT2D eigenvalue weighted by molar-refractivity contribution is -0.138. The summed E-state index contributed by atoms with van der Waals surface area (Å²) in [5.41, 5.74) is 2.10. The molecule has 0 heterocycles. The molecule has 30 heavy (non-hydrogen) atoms. The van der Waals surface area contributed by atoms with E-state index in [2.05, 4.69) is 5.32 Å². The molecule has 0 fully saturated rings. The predicted octanol–water partition coefficient (Wildman–Crippen LogP) is 4.43. The number of benzene rings is 2. The minimum atomic E-state index is -0.573. The van der Waals surface area contributed by atoms with E-state index < -0.39 is 6.04 Å². The van der Waals surface area contributed by atoms with Crippen molar-refractivity contribution in [3.05, 3.63) is 59.7 Å². The molecule has 0 spiro atoms. The summed E-state index contributed by atoms with van der Waals surface area (Å²) in [6, 6.07) is 15.2. The highest BCUT2D eigenvalue weighted by molar-refractivity contribution is 8.00. The molecule has 6 heteroatoms. The van der Waals surface area contributed by atoms with Gasteiger partial charge >= 0.3 is 0 Å². The largest absolute Gasteiger partial charge is 0.497 e. The number of nitrogens with one attached hydrogen (secondary N) is 1. The standard InChI is InChI=1S/C24H32N2O3S/c1-6-18(3)25-24(28)19(4)26(15-20-8-7-9-21(14-20)29-5)23(27)16-30-22-12-10-17(2)11-13-22/h7-14,18-19H,6,15-16H2,1-5H3,(H,25,28)/t18-,19-/m1/s1. The van der Waals surface area contributed by atoms with Crippen LogP contribution in [-0.4, -0.2) is 41.7 Å². The lowest BCUT2D eigenvalue weighted by atomic mass is 10.1. The molecular weight excluding hydrogens is 396 g/mol. The van der Waals surface area contributed by atoms with Gasteiger partial charge in [0.15, 0.2) is 0 Å². The number of carbonyl (C=O) groups excluding carboxylic acids is 2. The molecule has 0 aromatic heterocycles. The van der Waals surface area contributed by atoms with E-state index in [1.165, 1.54) is 17.3 Å². The van der Waals surface area contributed by atoms with E-state index in [-0.39, 0.29) is 23.6 Å². The van der Waals surface area contributed by atoms with Crippen molar-refractivity contribution in [3.63, 3.8) is 0 Å². The van der Waals surface area contributed by atoms with Crippen LogP contribution in [0.5, 0.6) is 5.75 Å². The number of aryl methyl sites for hydroxylation is 1. The molecule has 5 nitrogen and oxygen atoms in total. The summed E-state index contributed by atoms with van der Waals surface area (Å²) < 4.78 is 5.30. The Labute approximate surface area is 184 Å². The summed E-state index contributed by atoms with van der Waals surface area (Å²) in [5.74, 6) is 0.787. The normalized spacial score (nSPS) is 12.7. The number of carbonyl (C=O) groups is 2. The van der Waals surface area contributed by atoms with Crippen LogP contribution in [0.15, 0.2) is 53.4 Å². The first-order chi connectivity index (χ1) is 14.3. The first-order valence-corrected chi connectivity index (χ1v) is 11.2. The van der Waals surface area contributed by atoms with Crippen molar-refractivity contribution in [3.8, 4) is 5.75 Å². The van der Waals surface area contributed by atoms with E-state index in [0.29, 0.717) is 6.54 Å². The van der Waals surface area contributed by atoms with Crippen molar-refractivity contribution in [2.24, 2.45) is 0 Å². The monoisotopic (exact) mass is 428 g/mol. The second-order valence-electron chi connectivity index (χ2n) is 7.47. The molecule has 2 atom stereocenters. The Morgan fingerprint density at radius 1 is 1.13 bits per heavy atom. The van der Waals surface area contributed by atoms with Crippen LogP contribution in [0.2, 0.25) is 0 Å². The number of hydrogen-bond acceptors (Lipinski definition) is 4. The molecule has 2 amide bonds. The van der Waals surface area contributed by atoms with Crippen molar-refractivity contribution < 1.29 is 14.3 Å². The van der Waals surface area contributed by atoms with Gasteiger partial charge in [0, 0.05) is 17.5 Å². The maximum Gasteiger partial charge on any atom is 0.242 e. The number of thioether (sulfide) groups is 1. The third-order valence-electron chi connectivity index (χ3n) is 5.04. The fourth-order valence-corrected chi connectivity index (χ4v) is 3.66. The number of hydrogen-bond donors (Lipinski definition) is 1. The molecule has 0 unspecified atom stereocenters. The van der Waals surface area contributed by atoms with Crippen molar-refractivity contribution in [2.75, 3.05) is 12.9 Å². The lowest BCUT2D eigenvalue weighted by Crippen LogP contribution is -2.50. The van der Waals surface area contributed by atoms with Gasteiger partial charge in [0.1, 0.15) is 11.8 Å². The lowest BCUT2D eigenvalue weighted by Gasteiger charge is -2.29. The van der Waals surface area contributed by atoms with Gasteiger partial charge < -0.3 is 15.0 Å². The second kappa shape index (κ2) is 11.6. The molecule has 0 aliphatic heterocycles. The van der Waals surface area contributed by atoms with E-state index >= 15 is 0 Å². The SMILES string of the molecule is CC[C@@H](C)NC(=O)[C@@H](C)N(Cc1cccc(OC)c1)C(=O)CSc1ccc(C)cc1. The van der Waals surface area contributed by atoms with E-state index in [4.69, 9.17) is 4.74 Å². The number of ether oxygens (including phenoxy) is 1. The molecule has 0 radical (unpaired) electrons.